The van der Waals surface area contributed by atoms with E-state index in [9.17, 15) is 19.2 Å². The van der Waals surface area contributed by atoms with Crippen LogP contribution in [0.1, 0.15) is 66.1 Å². The Bertz CT molecular complexity index is 2310. The van der Waals surface area contributed by atoms with Crippen LogP contribution >= 0.6 is 11.6 Å². The fourth-order valence-corrected chi connectivity index (χ4v) is 8.54. The quantitative estimate of drug-likeness (QED) is 0.175. The molecule has 0 bridgehead atoms. The Labute approximate surface area is 335 Å². The molecule has 1 atom stereocenters. The standard InChI is InChI=1S/C42H46ClN9O5/c1-25-33(24-50(3)48-25)38-46-36-37(34(43)22-44-39(36)47-38)57-31-10-6-28(7-11-31)42(56)52-20-16-29(17-21-52)41(55)49(2)23-26-14-18-51(19-15-26)30-8-4-27(5-9-30)32-12-13-35(53)45-40(32)54/h4-11,22,24,26,29,32H,12-21,23H2,1-3H3,(H,44,46,47)(H,45,53,54)/t32-/m0/s1. The Balaban J connectivity index is 0.800. The van der Waals surface area contributed by atoms with Crippen molar-refractivity contribution in [2.24, 2.45) is 18.9 Å². The number of imidazole rings is 1. The first kappa shape index (κ1) is 38.1. The van der Waals surface area contributed by atoms with Crippen molar-refractivity contribution in [3.05, 3.63) is 82.8 Å². The van der Waals surface area contributed by atoms with E-state index in [0.717, 1.165) is 55.0 Å². The molecule has 0 saturated carbocycles. The number of nitrogens with zero attached hydrogens (tertiary/aromatic N) is 7. The molecule has 57 heavy (non-hydrogen) atoms. The highest BCUT2D eigenvalue weighted by molar-refractivity contribution is 6.32. The number of amides is 4. The summed E-state index contributed by atoms with van der Waals surface area (Å²) in [6, 6.07) is 15.1. The second-order valence-electron chi connectivity index (χ2n) is 15.5. The molecule has 0 aliphatic carbocycles. The van der Waals surface area contributed by atoms with Gasteiger partial charge in [-0.2, -0.15) is 5.10 Å². The van der Waals surface area contributed by atoms with E-state index in [-0.39, 0.29) is 35.5 Å². The van der Waals surface area contributed by atoms with Gasteiger partial charge in [0.2, 0.25) is 17.7 Å². The lowest BCUT2D eigenvalue weighted by atomic mass is 9.90. The van der Waals surface area contributed by atoms with Crippen LogP contribution < -0.4 is 15.0 Å². The molecule has 3 aliphatic heterocycles. The molecule has 14 nitrogen and oxygen atoms in total. The van der Waals surface area contributed by atoms with Gasteiger partial charge < -0.3 is 24.4 Å². The number of carbonyl (C=O) groups is 4. The Morgan fingerprint density at radius 1 is 0.965 bits per heavy atom. The summed E-state index contributed by atoms with van der Waals surface area (Å²) in [6.45, 7) is 5.47. The molecule has 3 aliphatic rings. The largest absolute Gasteiger partial charge is 0.453 e. The molecule has 0 unspecified atom stereocenters. The maximum absolute atomic E-state index is 13.5. The highest BCUT2D eigenvalue weighted by atomic mass is 35.5. The van der Waals surface area contributed by atoms with Crippen LogP contribution in [-0.2, 0) is 21.4 Å². The molecule has 4 amide bonds. The smallest absolute Gasteiger partial charge is 0.253 e. The van der Waals surface area contributed by atoms with E-state index in [1.165, 1.54) is 6.20 Å². The minimum Gasteiger partial charge on any atom is -0.453 e. The van der Waals surface area contributed by atoms with E-state index in [1.807, 2.05) is 49.1 Å². The van der Waals surface area contributed by atoms with E-state index in [1.54, 1.807) is 28.9 Å². The fourth-order valence-electron chi connectivity index (χ4n) is 8.36. The number of nitrogens with one attached hydrogen (secondary N) is 2. The lowest BCUT2D eigenvalue weighted by Crippen LogP contribution is -2.45. The van der Waals surface area contributed by atoms with Crippen LogP contribution in [0.15, 0.2) is 60.9 Å². The Kier molecular flexibility index (Phi) is 10.7. The van der Waals surface area contributed by atoms with Crippen LogP contribution in [0.4, 0.5) is 5.69 Å². The van der Waals surface area contributed by atoms with E-state index < -0.39 is 0 Å². The van der Waals surface area contributed by atoms with E-state index in [2.05, 4.69) is 42.4 Å². The number of hydrogen-bond acceptors (Lipinski definition) is 9. The number of H-pyrrole nitrogens is 1. The van der Waals surface area contributed by atoms with Gasteiger partial charge in [-0.25, -0.2) is 9.97 Å². The number of piperidine rings is 3. The van der Waals surface area contributed by atoms with Crippen LogP contribution in [0.2, 0.25) is 5.02 Å². The van der Waals surface area contributed by atoms with Gasteiger partial charge in [0.05, 0.1) is 23.4 Å². The number of halogens is 1. The third-order valence-corrected chi connectivity index (χ3v) is 11.8. The number of carbonyl (C=O) groups excluding carboxylic acids is 4. The van der Waals surface area contributed by atoms with Gasteiger partial charge in [-0.3, -0.25) is 29.2 Å². The second kappa shape index (κ2) is 16.0. The third-order valence-electron chi connectivity index (χ3n) is 11.6. The van der Waals surface area contributed by atoms with Crippen LogP contribution in [-0.4, -0.2) is 97.9 Å². The Morgan fingerprint density at radius 2 is 1.68 bits per heavy atom. The van der Waals surface area contributed by atoms with Gasteiger partial charge in [-0.1, -0.05) is 23.7 Å². The second-order valence-corrected chi connectivity index (χ2v) is 15.9. The van der Waals surface area contributed by atoms with Crippen LogP contribution in [0, 0.1) is 18.8 Å². The van der Waals surface area contributed by atoms with Gasteiger partial charge in [0.15, 0.2) is 11.4 Å². The predicted molar refractivity (Wildman–Crippen MR) is 215 cm³/mol. The first-order valence-corrected chi connectivity index (χ1v) is 19.9. The topological polar surface area (TPSA) is 159 Å². The van der Waals surface area contributed by atoms with Gasteiger partial charge in [-0.15, -0.1) is 0 Å². The lowest BCUT2D eigenvalue weighted by Gasteiger charge is -2.37. The summed E-state index contributed by atoms with van der Waals surface area (Å²) in [5, 5.41) is 7.16. The molecule has 0 radical (unpaired) electrons. The normalized spacial score (nSPS) is 18.2. The zero-order valence-electron chi connectivity index (χ0n) is 32.3. The first-order valence-electron chi connectivity index (χ1n) is 19.6. The predicted octanol–water partition coefficient (Wildman–Crippen LogP) is 5.86. The van der Waals surface area contributed by atoms with Crippen LogP contribution in [0.3, 0.4) is 0 Å². The monoisotopic (exact) mass is 791 g/mol. The highest BCUT2D eigenvalue weighted by Gasteiger charge is 2.32. The van der Waals surface area contributed by atoms with E-state index in [0.29, 0.717) is 83.8 Å². The van der Waals surface area contributed by atoms with Gasteiger partial charge >= 0.3 is 0 Å². The summed E-state index contributed by atoms with van der Waals surface area (Å²) in [5.74, 6) is 1.19. The molecule has 2 aromatic carbocycles. The molecular weight excluding hydrogens is 746 g/mol. The minimum absolute atomic E-state index is 0.0763. The minimum atomic E-state index is -0.282. The summed E-state index contributed by atoms with van der Waals surface area (Å²) in [5.41, 5.74) is 5.30. The summed E-state index contributed by atoms with van der Waals surface area (Å²) in [4.78, 5) is 69.2. The average Bonchev–Trinajstić information content (AvgIpc) is 3.81. The zero-order chi connectivity index (χ0) is 39.8. The van der Waals surface area contributed by atoms with E-state index >= 15 is 0 Å². The molecule has 3 fully saturated rings. The van der Waals surface area contributed by atoms with Crippen molar-refractivity contribution in [3.63, 3.8) is 0 Å². The molecule has 2 N–H and O–H groups in total. The molecular formula is C42H46ClN9O5. The van der Waals surface area contributed by atoms with Crippen molar-refractivity contribution in [2.75, 3.05) is 44.7 Å². The van der Waals surface area contributed by atoms with Crippen LogP contribution in [0.25, 0.3) is 22.6 Å². The first-order chi connectivity index (χ1) is 27.5. The summed E-state index contributed by atoms with van der Waals surface area (Å²) in [7, 11) is 3.76. The maximum Gasteiger partial charge on any atom is 0.253 e. The molecule has 5 aromatic rings. The van der Waals surface area contributed by atoms with Crippen LogP contribution in [0.5, 0.6) is 11.5 Å². The number of aromatic nitrogens is 5. The summed E-state index contributed by atoms with van der Waals surface area (Å²) < 4.78 is 7.93. The number of anilines is 1. The number of hydrogen-bond donors (Lipinski definition) is 2. The number of ether oxygens (including phenoxy) is 1. The maximum atomic E-state index is 13.5. The Hall–Kier alpha value is -5.76. The van der Waals surface area contributed by atoms with E-state index in [4.69, 9.17) is 16.3 Å². The highest BCUT2D eigenvalue weighted by Crippen LogP contribution is 2.37. The molecule has 3 aromatic heterocycles. The number of aryl methyl sites for hydroxylation is 2. The van der Waals surface area contributed by atoms with Gasteiger partial charge in [0, 0.05) is 76.6 Å². The molecule has 3 saturated heterocycles. The van der Waals surface area contributed by atoms with Gasteiger partial charge in [-0.05, 0) is 86.9 Å². The molecule has 296 valence electrons. The summed E-state index contributed by atoms with van der Waals surface area (Å²) in [6.07, 6.45) is 7.53. The molecule has 0 spiro atoms. The average molecular weight is 792 g/mol. The van der Waals surface area contributed by atoms with Crippen molar-refractivity contribution in [2.45, 2.75) is 51.4 Å². The van der Waals surface area contributed by atoms with Crippen molar-refractivity contribution < 1.29 is 23.9 Å². The number of rotatable bonds is 9. The lowest BCUT2D eigenvalue weighted by molar-refractivity contribution is -0.136. The Morgan fingerprint density at radius 3 is 2.35 bits per heavy atom. The number of benzene rings is 2. The number of likely N-dealkylation sites (tertiary alicyclic amines) is 1. The molecule has 6 heterocycles. The SMILES string of the molecule is Cc1nn(C)cc1-c1nc2ncc(Cl)c(Oc3ccc(C(=O)N4CCC(C(=O)N(C)CC5CCN(c6ccc([C@@H]7CCC(=O)NC7=O)cc6)CC5)CC4)cc3)c2[nH]1. The molecule has 8 rings (SSSR count). The van der Waals surface area contributed by atoms with Crippen molar-refractivity contribution in [1.29, 1.82) is 0 Å². The van der Waals surface area contributed by atoms with Crippen molar-refractivity contribution in [1.82, 2.24) is 39.8 Å². The third kappa shape index (κ3) is 8.09. The number of aromatic amines is 1. The fraction of sp³-hybridized carbons (Fsp3) is 0.405. The number of pyridine rings is 1. The van der Waals surface area contributed by atoms with Gasteiger partial charge in [0.1, 0.15) is 22.1 Å². The van der Waals surface area contributed by atoms with Crippen molar-refractivity contribution in [3.8, 4) is 22.9 Å². The number of imide groups is 1. The number of fused-ring (bicyclic) bond motifs is 1. The summed E-state index contributed by atoms with van der Waals surface area (Å²) >= 11 is 6.53. The van der Waals surface area contributed by atoms with Gasteiger partial charge in [0.25, 0.3) is 5.91 Å². The molecule has 15 heteroatoms. The zero-order valence-corrected chi connectivity index (χ0v) is 33.1. The van der Waals surface area contributed by atoms with Crippen molar-refractivity contribution >= 4 is 52.1 Å².